The van der Waals surface area contributed by atoms with Crippen molar-refractivity contribution in [3.8, 4) is 0 Å². The molecule has 114 valence electrons. The molecule has 0 aliphatic rings. The molecule has 0 aliphatic carbocycles. The molecule has 1 heterocycles. The standard InChI is InChI=1S/C13H18N4O2S2/c1-17(10-13-15-6-7-16-13)21(18,19)9-8-20-12-5-3-2-4-11(12)14/h2-7H,8-10,14H2,1H3,(H,15,16). The van der Waals surface area contributed by atoms with Crippen LogP contribution in [0.25, 0.3) is 0 Å². The lowest BCUT2D eigenvalue weighted by Gasteiger charge is -2.15. The van der Waals surface area contributed by atoms with Crippen LogP contribution in [0.1, 0.15) is 5.82 Å². The molecule has 0 amide bonds. The molecule has 6 nitrogen and oxygen atoms in total. The highest BCUT2D eigenvalue weighted by Crippen LogP contribution is 2.24. The molecule has 3 N–H and O–H groups in total. The van der Waals surface area contributed by atoms with E-state index in [1.165, 1.54) is 16.1 Å². The summed E-state index contributed by atoms with van der Waals surface area (Å²) in [5, 5.41) is 0. The Morgan fingerprint density at radius 2 is 2.14 bits per heavy atom. The van der Waals surface area contributed by atoms with Gasteiger partial charge in [0.15, 0.2) is 0 Å². The van der Waals surface area contributed by atoms with Gasteiger partial charge in [0.1, 0.15) is 5.82 Å². The molecule has 0 saturated heterocycles. The number of thioether (sulfide) groups is 1. The quantitative estimate of drug-likeness (QED) is 0.595. The maximum Gasteiger partial charge on any atom is 0.215 e. The molecule has 0 spiro atoms. The number of benzene rings is 1. The van der Waals surface area contributed by atoms with Gasteiger partial charge in [0.25, 0.3) is 0 Å². The van der Waals surface area contributed by atoms with Crippen LogP contribution >= 0.6 is 11.8 Å². The fourth-order valence-electron chi connectivity index (χ4n) is 1.72. The van der Waals surface area contributed by atoms with Gasteiger partial charge in [-0.1, -0.05) is 12.1 Å². The molecule has 0 fully saturated rings. The second-order valence-electron chi connectivity index (χ2n) is 4.49. The molecule has 0 atom stereocenters. The lowest BCUT2D eigenvalue weighted by atomic mass is 10.3. The summed E-state index contributed by atoms with van der Waals surface area (Å²) in [4.78, 5) is 7.82. The van der Waals surface area contributed by atoms with Gasteiger partial charge in [-0.2, -0.15) is 4.31 Å². The van der Waals surface area contributed by atoms with Gasteiger partial charge in [0.05, 0.1) is 12.3 Å². The van der Waals surface area contributed by atoms with E-state index in [2.05, 4.69) is 9.97 Å². The minimum absolute atomic E-state index is 0.0587. The largest absolute Gasteiger partial charge is 0.398 e. The maximum atomic E-state index is 12.2. The molecular formula is C13H18N4O2S2. The zero-order valence-electron chi connectivity index (χ0n) is 11.7. The second-order valence-corrected chi connectivity index (χ2v) is 7.83. The Hall–Kier alpha value is -1.51. The Bertz CT molecular complexity index is 671. The van der Waals surface area contributed by atoms with E-state index in [4.69, 9.17) is 5.73 Å². The molecule has 0 bridgehead atoms. The first kappa shape index (κ1) is 15.9. The number of hydrogen-bond donors (Lipinski definition) is 2. The third-order valence-electron chi connectivity index (χ3n) is 2.92. The van der Waals surface area contributed by atoms with Crippen LogP contribution in [0.5, 0.6) is 0 Å². The zero-order chi connectivity index (χ0) is 15.3. The van der Waals surface area contributed by atoms with Crippen LogP contribution < -0.4 is 5.73 Å². The number of para-hydroxylation sites is 1. The van der Waals surface area contributed by atoms with Crippen molar-refractivity contribution in [1.82, 2.24) is 14.3 Å². The fourth-order valence-corrected chi connectivity index (χ4v) is 4.15. The maximum absolute atomic E-state index is 12.2. The van der Waals surface area contributed by atoms with Crippen molar-refractivity contribution in [2.45, 2.75) is 11.4 Å². The summed E-state index contributed by atoms with van der Waals surface area (Å²) in [5.74, 6) is 1.14. The van der Waals surface area contributed by atoms with Crippen LogP contribution in [0.3, 0.4) is 0 Å². The summed E-state index contributed by atoms with van der Waals surface area (Å²) >= 11 is 1.45. The smallest absolute Gasteiger partial charge is 0.215 e. The second kappa shape index (κ2) is 6.97. The van der Waals surface area contributed by atoms with Crippen molar-refractivity contribution in [2.24, 2.45) is 0 Å². The molecular weight excluding hydrogens is 308 g/mol. The predicted octanol–water partition coefficient (Wildman–Crippen LogP) is 1.55. The first-order valence-electron chi connectivity index (χ1n) is 6.38. The third-order valence-corrected chi connectivity index (χ3v) is 6.07. The summed E-state index contributed by atoms with van der Waals surface area (Å²) < 4.78 is 25.6. The van der Waals surface area contributed by atoms with E-state index in [0.717, 1.165) is 4.90 Å². The summed E-state index contributed by atoms with van der Waals surface area (Å²) in [6.45, 7) is 0.244. The minimum atomic E-state index is -3.31. The SMILES string of the molecule is CN(Cc1ncc[nH]1)S(=O)(=O)CCSc1ccccc1N. The molecule has 0 radical (unpaired) electrons. The lowest BCUT2D eigenvalue weighted by molar-refractivity contribution is 0.459. The number of rotatable bonds is 7. The molecule has 8 heteroatoms. The van der Waals surface area contributed by atoms with Crippen molar-refractivity contribution in [1.29, 1.82) is 0 Å². The van der Waals surface area contributed by atoms with Gasteiger partial charge < -0.3 is 10.7 Å². The number of hydrogen-bond acceptors (Lipinski definition) is 5. The Morgan fingerprint density at radius 3 is 2.81 bits per heavy atom. The van der Waals surface area contributed by atoms with E-state index in [9.17, 15) is 8.42 Å². The van der Waals surface area contributed by atoms with Gasteiger partial charge >= 0.3 is 0 Å². The average Bonchev–Trinajstić information content (AvgIpc) is 2.93. The number of H-pyrrole nitrogens is 1. The fraction of sp³-hybridized carbons (Fsp3) is 0.308. The monoisotopic (exact) mass is 326 g/mol. The number of anilines is 1. The number of nitrogens with zero attached hydrogens (tertiary/aromatic N) is 2. The number of nitrogens with two attached hydrogens (primary N) is 1. The molecule has 0 unspecified atom stereocenters. The number of nitrogens with one attached hydrogen (secondary N) is 1. The van der Waals surface area contributed by atoms with Gasteiger partial charge in [-0.05, 0) is 12.1 Å². The topological polar surface area (TPSA) is 92.1 Å². The zero-order valence-corrected chi connectivity index (χ0v) is 13.3. The molecule has 2 aromatic rings. The molecule has 21 heavy (non-hydrogen) atoms. The highest BCUT2D eigenvalue weighted by molar-refractivity contribution is 8.00. The van der Waals surface area contributed by atoms with Crippen LogP contribution in [-0.4, -0.2) is 41.2 Å². The minimum Gasteiger partial charge on any atom is -0.398 e. The van der Waals surface area contributed by atoms with E-state index in [1.807, 2.05) is 18.2 Å². The number of aromatic nitrogens is 2. The van der Waals surface area contributed by atoms with Gasteiger partial charge in [-0.15, -0.1) is 11.8 Å². The van der Waals surface area contributed by atoms with Crippen molar-refractivity contribution in [2.75, 3.05) is 24.3 Å². The molecule has 0 aliphatic heterocycles. The summed E-state index contributed by atoms with van der Waals surface area (Å²) in [6, 6.07) is 7.43. The predicted molar refractivity (Wildman–Crippen MR) is 85.4 cm³/mol. The number of nitrogen functional groups attached to an aromatic ring is 1. The van der Waals surface area contributed by atoms with Gasteiger partial charge in [-0.25, -0.2) is 13.4 Å². The Kier molecular flexibility index (Phi) is 5.27. The summed E-state index contributed by atoms with van der Waals surface area (Å²) in [7, 11) is -1.75. The average molecular weight is 326 g/mol. The van der Waals surface area contributed by atoms with Crippen LogP contribution in [-0.2, 0) is 16.6 Å². The normalized spacial score (nSPS) is 11.9. The third kappa shape index (κ3) is 4.48. The molecule has 1 aromatic heterocycles. The molecule has 0 saturated carbocycles. The van der Waals surface area contributed by atoms with E-state index in [-0.39, 0.29) is 12.3 Å². The van der Waals surface area contributed by atoms with E-state index >= 15 is 0 Å². The highest BCUT2D eigenvalue weighted by atomic mass is 32.2. The van der Waals surface area contributed by atoms with E-state index in [1.54, 1.807) is 25.5 Å². The number of aromatic amines is 1. The molecule has 1 aromatic carbocycles. The van der Waals surface area contributed by atoms with Gasteiger partial charge in [0, 0.05) is 35.8 Å². The molecule has 2 rings (SSSR count). The van der Waals surface area contributed by atoms with Crippen molar-refractivity contribution < 1.29 is 8.42 Å². The first-order chi connectivity index (χ1) is 9.99. The van der Waals surface area contributed by atoms with Crippen LogP contribution in [0.4, 0.5) is 5.69 Å². The highest BCUT2D eigenvalue weighted by Gasteiger charge is 2.18. The van der Waals surface area contributed by atoms with Crippen molar-refractivity contribution in [3.05, 3.63) is 42.5 Å². The Balaban J connectivity index is 1.88. The van der Waals surface area contributed by atoms with Crippen LogP contribution in [0.2, 0.25) is 0 Å². The number of imidazole rings is 1. The van der Waals surface area contributed by atoms with Crippen LogP contribution in [0, 0.1) is 0 Å². The van der Waals surface area contributed by atoms with Crippen LogP contribution in [0.15, 0.2) is 41.6 Å². The van der Waals surface area contributed by atoms with Crippen molar-refractivity contribution >= 4 is 27.5 Å². The lowest BCUT2D eigenvalue weighted by Crippen LogP contribution is -2.30. The summed E-state index contributed by atoms with van der Waals surface area (Å²) in [6.07, 6.45) is 3.27. The van der Waals surface area contributed by atoms with E-state index < -0.39 is 10.0 Å². The Labute approximate surface area is 128 Å². The van der Waals surface area contributed by atoms with E-state index in [0.29, 0.717) is 17.3 Å². The first-order valence-corrected chi connectivity index (χ1v) is 8.98. The van der Waals surface area contributed by atoms with Crippen molar-refractivity contribution in [3.63, 3.8) is 0 Å². The van der Waals surface area contributed by atoms with Gasteiger partial charge in [-0.3, -0.25) is 0 Å². The van der Waals surface area contributed by atoms with Gasteiger partial charge in [0.2, 0.25) is 10.0 Å². The summed E-state index contributed by atoms with van der Waals surface area (Å²) in [5.41, 5.74) is 6.50. The number of sulfonamides is 1. The Morgan fingerprint density at radius 1 is 1.38 bits per heavy atom.